The topological polar surface area (TPSA) is 135 Å². The van der Waals surface area contributed by atoms with E-state index in [4.69, 9.17) is 18.9 Å². The average Bonchev–Trinajstić information content (AvgIpc) is 2.80. The van der Waals surface area contributed by atoms with Crippen LogP contribution >= 0.6 is 0 Å². The first kappa shape index (κ1) is 27.1. The van der Waals surface area contributed by atoms with Gasteiger partial charge in [-0.3, -0.25) is 4.79 Å². The average molecular weight is 469 g/mol. The van der Waals surface area contributed by atoms with Gasteiger partial charge < -0.3 is 39.4 Å². The van der Waals surface area contributed by atoms with Crippen LogP contribution in [0.2, 0.25) is 0 Å². The van der Waals surface area contributed by atoms with Crippen molar-refractivity contribution >= 4 is 5.97 Å². The quantitative estimate of drug-likeness (QED) is 0.205. The summed E-state index contributed by atoms with van der Waals surface area (Å²) in [4.78, 5) is 12.0. The van der Waals surface area contributed by atoms with Gasteiger partial charge in [0.2, 0.25) is 6.29 Å². The number of unbranched alkanes of at least 4 members (excludes halogenated alkanes) is 2. The predicted molar refractivity (Wildman–Crippen MR) is 120 cm³/mol. The van der Waals surface area contributed by atoms with Gasteiger partial charge in [-0.1, -0.05) is 32.1 Å². The molecule has 1 fully saturated rings. The minimum absolute atomic E-state index is 0.0722. The Morgan fingerprint density at radius 1 is 1.12 bits per heavy atom. The third-order valence-electron chi connectivity index (χ3n) is 5.24. The second-order valence-electron chi connectivity index (χ2n) is 8.38. The van der Waals surface area contributed by atoms with Crippen molar-refractivity contribution in [2.45, 2.75) is 76.8 Å². The molecule has 186 valence electrons. The summed E-state index contributed by atoms with van der Waals surface area (Å²) in [5, 5.41) is 39.2. The molecule has 1 heterocycles. The van der Waals surface area contributed by atoms with Gasteiger partial charge in [0.05, 0.1) is 13.7 Å². The third-order valence-corrected chi connectivity index (χ3v) is 5.24. The molecule has 0 aromatic heterocycles. The number of benzene rings is 1. The first-order chi connectivity index (χ1) is 15.8. The molecule has 1 saturated heterocycles. The molecule has 4 N–H and O–H groups in total. The lowest BCUT2D eigenvalue weighted by atomic mass is 9.99. The number of hydrogen-bond acceptors (Lipinski definition) is 9. The largest absolute Gasteiger partial charge is 0.493 e. The number of aliphatic hydroxyl groups is 4. The molecule has 1 aromatic carbocycles. The highest BCUT2D eigenvalue weighted by molar-refractivity contribution is 5.69. The minimum Gasteiger partial charge on any atom is -0.493 e. The van der Waals surface area contributed by atoms with E-state index in [-0.39, 0.29) is 18.3 Å². The zero-order valence-electron chi connectivity index (χ0n) is 19.4. The molecule has 1 aliphatic heterocycles. The summed E-state index contributed by atoms with van der Waals surface area (Å²) >= 11 is 0. The van der Waals surface area contributed by atoms with Gasteiger partial charge in [-0.15, -0.1) is 0 Å². The number of rotatable bonds is 12. The van der Waals surface area contributed by atoms with Gasteiger partial charge in [0.25, 0.3) is 0 Å². The SMILES string of the molecule is COc1cc(COC(=O)CCCC/C=C/C(C)C)ccc1OC1OC(CO)C(O)C(O)C1O. The van der Waals surface area contributed by atoms with Crippen molar-refractivity contribution in [1.29, 1.82) is 0 Å². The van der Waals surface area contributed by atoms with E-state index in [0.717, 1.165) is 19.3 Å². The lowest BCUT2D eigenvalue weighted by Gasteiger charge is -2.39. The number of methoxy groups -OCH3 is 1. The molecule has 1 aliphatic rings. The Morgan fingerprint density at radius 3 is 2.55 bits per heavy atom. The Kier molecular flexibility index (Phi) is 11.1. The minimum atomic E-state index is -1.54. The molecule has 9 heteroatoms. The van der Waals surface area contributed by atoms with Crippen LogP contribution in [0, 0.1) is 5.92 Å². The molecule has 0 spiro atoms. The van der Waals surface area contributed by atoms with Crippen molar-refractivity contribution in [3.8, 4) is 11.5 Å². The summed E-state index contributed by atoms with van der Waals surface area (Å²) in [5.41, 5.74) is 0.682. The van der Waals surface area contributed by atoms with Crippen LogP contribution in [-0.4, -0.2) is 70.8 Å². The van der Waals surface area contributed by atoms with Gasteiger partial charge in [0.1, 0.15) is 31.0 Å². The van der Waals surface area contributed by atoms with Crippen LogP contribution in [-0.2, 0) is 20.9 Å². The second kappa shape index (κ2) is 13.5. The Morgan fingerprint density at radius 2 is 1.88 bits per heavy atom. The van der Waals surface area contributed by atoms with Crippen molar-refractivity contribution in [3.05, 3.63) is 35.9 Å². The molecular formula is C24H36O9. The summed E-state index contributed by atoms with van der Waals surface area (Å²) < 4.78 is 21.6. The maximum absolute atomic E-state index is 12.0. The van der Waals surface area contributed by atoms with Gasteiger partial charge >= 0.3 is 5.97 Å². The molecule has 0 saturated carbocycles. The van der Waals surface area contributed by atoms with Crippen molar-refractivity contribution in [2.75, 3.05) is 13.7 Å². The highest BCUT2D eigenvalue weighted by Gasteiger charge is 2.44. The highest BCUT2D eigenvalue weighted by Crippen LogP contribution is 2.32. The smallest absolute Gasteiger partial charge is 0.306 e. The Hall–Kier alpha value is -2.17. The van der Waals surface area contributed by atoms with Crippen LogP contribution in [0.4, 0.5) is 0 Å². The van der Waals surface area contributed by atoms with Crippen LogP contribution < -0.4 is 9.47 Å². The van der Waals surface area contributed by atoms with Gasteiger partial charge in [-0.2, -0.15) is 0 Å². The zero-order chi connectivity index (χ0) is 24.4. The van der Waals surface area contributed by atoms with E-state index in [2.05, 4.69) is 26.0 Å². The summed E-state index contributed by atoms with van der Waals surface area (Å²) in [7, 11) is 1.43. The molecule has 5 atom stereocenters. The maximum atomic E-state index is 12.0. The molecule has 0 radical (unpaired) electrons. The monoisotopic (exact) mass is 468 g/mol. The molecule has 1 aromatic rings. The van der Waals surface area contributed by atoms with E-state index >= 15 is 0 Å². The summed E-state index contributed by atoms with van der Waals surface area (Å²) in [6.45, 7) is 3.76. The van der Waals surface area contributed by atoms with E-state index in [1.165, 1.54) is 7.11 Å². The first-order valence-corrected chi connectivity index (χ1v) is 11.2. The number of esters is 1. The zero-order valence-corrected chi connectivity index (χ0v) is 19.4. The lowest BCUT2D eigenvalue weighted by molar-refractivity contribution is -0.277. The van der Waals surface area contributed by atoms with Crippen LogP contribution in [0.15, 0.2) is 30.4 Å². The maximum Gasteiger partial charge on any atom is 0.306 e. The van der Waals surface area contributed by atoms with Crippen LogP contribution in [0.5, 0.6) is 11.5 Å². The number of aliphatic hydroxyl groups excluding tert-OH is 4. The Labute approximate surface area is 194 Å². The normalized spacial score (nSPS) is 25.4. The van der Waals surface area contributed by atoms with Crippen LogP contribution in [0.3, 0.4) is 0 Å². The Bertz CT molecular complexity index is 762. The fourth-order valence-corrected chi connectivity index (χ4v) is 3.32. The molecule has 9 nitrogen and oxygen atoms in total. The van der Waals surface area contributed by atoms with E-state index in [0.29, 0.717) is 23.7 Å². The van der Waals surface area contributed by atoms with E-state index < -0.39 is 37.3 Å². The molecule has 5 unspecified atom stereocenters. The lowest BCUT2D eigenvalue weighted by Crippen LogP contribution is -2.60. The summed E-state index contributed by atoms with van der Waals surface area (Å²) in [6, 6.07) is 4.86. The number of ether oxygens (including phenoxy) is 4. The predicted octanol–water partition coefficient (Wildman–Crippen LogP) is 1.69. The number of allylic oxidation sites excluding steroid dienone is 2. The van der Waals surface area contributed by atoms with Crippen molar-refractivity contribution in [1.82, 2.24) is 0 Å². The standard InChI is InChI=1S/C24H36O9/c1-15(2)8-6-4-5-7-9-20(26)31-14-16-10-11-17(18(12-16)30-3)32-24-23(29)22(28)21(27)19(13-25)33-24/h6,8,10-12,15,19,21-25,27-29H,4-5,7,9,13-14H2,1-3H3/b8-6+. The van der Waals surface area contributed by atoms with E-state index in [1.54, 1.807) is 18.2 Å². The van der Waals surface area contributed by atoms with Crippen molar-refractivity contribution in [2.24, 2.45) is 5.92 Å². The molecule has 2 rings (SSSR count). The van der Waals surface area contributed by atoms with Crippen molar-refractivity contribution in [3.63, 3.8) is 0 Å². The van der Waals surface area contributed by atoms with Gasteiger partial charge in [0.15, 0.2) is 11.5 Å². The number of carbonyl (C=O) groups is 1. The summed E-state index contributed by atoms with van der Waals surface area (Å²) in [6.07, 6.45) is 0.312. The van der Waals surface area contributed by atoms with Gasteiger partial charge in [0, 0.05) is 6.42 Å². The van der Waals surface area contributed by atoms with Gasteiger partial charge in [-0.25, -0.2) is 0 Å². The molecule has 0 aliphatic carbocycles. The fourth-order valence-electron chi connectivity index (χ4n) is 3.32. The summed E-state index contributed by atoms with van der Waals surface area (Å²) in [5.74, 6) is 0.771. The molecular weight excluding hydrogens is 432 g/mol. The van der Waals surface area contributed by atoms with Crippen LogP contribution in [0.25, 0.3) is 0 Å². The van der Waals surface area contributed by atoms with Crippen LogP contribution in [0.1, 0.15) is 45.1 Å². The van der Waals surface area contributed by atoms with E-state index in [9.17, 15) is 25.2 Å². The van der Waals surface area contributed by atoms with Gasteiger partial charge in [-0.05, 0) is 42.9 Å². The second-order valence-corrected chi connectivity index (χ2v) is 8.38. The molecule has 0 bridgehead atoms. The first-order valence-electron chi connectivity index (χ1n) is 11.2. The highest BCUT2D eigenvalue weighted by atomic mass is 16.7. The number of carbonyl (C=O) groups excluding carboxylic acids is 1. The third kappa shape index (κ3) is 8.28. The Balaban J connectivity index is 1.87. The molecule has 33 heavy (non-hydrogen) atoms. The molecule has 0 amide bonds. The fraction of sp³-hybridized carbons (Fsp3) is 0.625. The van der Waals surface area contributed by atoms with Crippen molar-refractivity contribution < 1.29 is 44.2 Å². The number of hydrogen-bond donors (Lipinski definition) is 4. The van der Waals surface area contributed by atoms with E-state index in [1.807, 2.05) is 0 Å².